The van der Waals surface area contributed by atoms with Crippen LogP contribution in [-0.4, -0.2) is 43.4 Å². The Kier molecular flexibility index (Phi) is 4.85. The molecule has 1 aromatic rings. The van der Waals surface area contributed by atoms with Gasteiger partial charge in [0.2, 0.25) is 0 Å². The van der Waals surface area contributed by atoms with Gasteiger partial charge in [-0.2, -0.15) is 0 Å². The van der Waals surface area contributed by atoms with E-state index in [1.165, 1.54) is 16.7 Å². The van der Waals surface area contributed by atoms with Crippen LogP contribution < -0.4 is 5.32 Å². The van der Waals surface area contributed by atoms with Gasteiger partial charge in [0.25, 0.3) is 0 Å². The highest BCUT2D eigenvalue weighted by atomic mass is 32.2. The summed E-state index contributed by atoms with van der Waals surface area (Å²) in [5.74, 6) is 0.183. The molecule has 24 heavy (non-hydrogen) atoms. The van der Waals surface area contributed by atoms with E-state index in [-0.39, 0.29) is 23.1 Å². The third-order valence-electron chi connectivity index (χ3n) is 5.31. The fourth-order valence-electron chi connectivity index (χ4n) is 3.79. The van der Waals surface area contributed by atoms with Gasteiger partial charge in [-0.1, -0.05) is 30.7 Å². The third-order valence-corrected chi connectivity index (χ3v) is 7.61. The molecule has 1 heterocycles. The number of rotatable bonds is 3. The van der Waals surface area contributed by atoms with Crippen molar-refractivity contribution in [3.8, 4) is 0 Å². The van der Waals surface area contributed by atoms with E-state index < -0.39 is 9.84 Å². The molecule has 1 atom stereocenters. The molecule has 0 bridgehead atoms. The number of benzene rings is 1. The van der Waals surface area contributed by atoms with E-state index in [1.807, 2.05) is 0 Å². The van der Waals surface area contributed by atoms with Gasteiger partial charge in [0.1, 0.15) is 0 Å². The Morgan fingerprint density at radius 2 is 1.96 bits per heavy atom. The highest BCUT2D eigenvalue weighted by Crippen LogP contribution is 2.32. The SMILES string of the molecule is CCS(=O)(=O)C1CCN(C(=O)NC2CCc3cc(C)ccc32)CC1. The molecule has 5 nitrogen and oxygen atoms in total. The van der Waals surface area contributed by atoms with Crippen molar-refractivity contribution < 1.29 is 13.2 Å². The van der Waals surface area contributed by atoms with Crippen LogP contribution in [0.4, 0.5) is 4.79 Å². The molecule has 0 spiro atoms. The smallest absolute Gasteiger partial charge is 0.317 e. The summed E-state index contributed by atoms with van der Waals surface area (Å²) >= 11 is 0. The molecule has 2 amide bonds. The molecule has 132 valence electrons. The van der Waals surface area contributed by atoms with Crippen molar-refractivity contribution in [3.63, 3.8) is 0 Å². The predicted octanol–water partition coefficient (Wildman–Crippen LogP) is 2.59. The number of carbonyl (C=O) groups excluding carboxylic acids is 1. The second-order valence-electron chi connectivity index (χ2n) is 6.88. The Bertz CT molecular complexity index is 722. The van der Waals surface area contributed by atoms with Crippen molar-refractivity contribution in [2.24, 2.45) is 0 Å². The van der Waals surface area contributed by atoms with Crippen LogP contribution in [0.15, 0.2) is 18.2 Å². The second kappa shape index (κ2) is 6.75. The van der Waals surface area contributed by atoms with E-state index in [9.17, 15) is 13.2 Å². The normalized spacial score (nSPS) is 21.6. The standard InChI is InChI=1S/C18H26N2O3S/c1-3-24(22,23)15-8-10-20(11-9-15)18(21)19-17-7-5-14-12-13(2)4-6-16(14)17/h4,6,12,15,17H,3,5,7-11H2,1-2H3,(H,19,21). The van der Waals surface area contributed by atoms with Crippen LogP contribution >= 0.6 is 0 Å². The average Bonchev–Trinajstić information content (AvgIpc) is 2.96. The molecular weight excluding hydrogens is 324 g/mol. The minimum Gasteiger partial charge on any atom is -0.331 e. The number of fused-ring (bicyclic) bond motifs is 1. The van der Waals surface area contributed by atoms with Gasteiger partial charge >= 0.3 is 6.03 Å². The summed E-state index contributed by atoms with van der Waals surface area (Å²) in [5, 5.41) is 2.84. The van der Waals surface area contributed by atoms with Crippen molar-refractivity contribution in [2.45, 2.75) is 50.8 Å². The van der Waals surface area contributed by atoms with Gasteiger partial charge in [-0.15, -0.1) is 0 Å². The molecule has 1 aliphatic carbocycles. The molecule has 2 aliphatic rings. The van der Waals surface area contributed by atoms with E-state index in [0.717, 1.165) is 12.8 Å². The number of hydrogen-bond acceptors (Lipinski definition) is 3. The van der Waals surface area contributed by atoms with Crippen LogP contribution in [0.1, 0.15) is 48.9 Å². The molecule has 1 saturated heterocycles. The molecule has 1 fully saturated rings. The second-order valence-corrected chi connectivity index (χ2v) is 9.45. The maximum absolute atomic E-state index is 12.5. The minimum atomic E-state index is -3.00. The fraction of sp³-hybridized carbons (Fsp3) is 0.611. The molecular formula is C18H26N2O3S. The van der Waals surface area contributed by atoms with Gasteiger partial charge in [0.05, 0.1) is 11.3 Å². The first-order valence-corrected chi connectivity index (χ1v) is 10.5. The van der Waals surface area contributed by atoms with Gasteiger partial charge in [0, 0.05) is 18.8 Å². The summed E-state index contributed by atoms with van der Waals surface area (Å²) in [6.07, 6.45) is 3.03. The lowest BCUT2D eigenvalue weighted by Crippen LogP contribution is -2.47. The summed E-state index contributed by atoms with van der Waals surface area (Å²) in [5.41, 5.74) is 3.80. The number of hydrogen-bond donors (Lipinski definition) is 1. The molecule has 1 unspecified atom stereocenters. The van der Waals surface area contributed by atoms with E-state index >= 15 is 0 Å². The van der Waals surface area contributed by atoms with Gasteiger partial charge in [-0.05, 0) is 43.7 Å². The number of piperidine rings is 1. The monoisotopic (exact) mass is 350 g/mol. The number of nitrogens with zero attached hydrogens (tertiary/aromatic N) is 1. The lowest BCUT2D eigenvalue weighted by molar-refractivity contribution is 0.183. The van der Waals surface area contributed by atoms with Crippen molar-refractivity contribution >= 4 is 15.9 Å². The Labute approximate surface area is 144 Å². The van der Waals surface area contributed by atoms with Crippen molar-refractivity contribution in [1.29, 1.82) is 0 Å². The Balaban J connectivity index is 1.58. The average molecular weight is 350 g/mol. The first kappa shape index (κ1) is 17.3. The predicted molar refractivity (Wildman–Crippen MR) is 94.8 cm³/mol. The lowest BCUT2D eigenvalue weighted by atomic mass is 10.1. The minimum absolute atomic E-state index is 0.0687. The highest BCUT2D eigenvalue weighted by molar-refractivity contribution is 7.92. The summed E-state index contributed by atoms with van der Waals surface area (Å²) in [7, 11) is -3.00. The molecule has 3 rings (SSSR count). The number of amides is 2. The Morgan fingerprint density at radius 3 is 2.62 bits per heavy atom. The summed E-state index contributed by atoms with van der Waals surface area (Å²) in [6.45, 7) is 4.81. The maximum atomic E-state index is 12.5. The van der Waals surface area contributed by atoms with Gasteiger partial charge in [0.15, 0.2) is 9.84 Å². The quantitative estimate of drug-likeness (QED) is 0.911. The van der Waals surface area contributed by atoms with Crippen LogP contribution in [-0.2, 0) is 16.3 Å². The zero-order valence-electron chi connectivity index (χ0n) is 14.4. The van der Waals surface area contributed by atoms with E-state index in [0.29, 0.717) is 25.9 Å². The third kappa shape index (κ3) is 3.43. The van der Waals surface area contributed by atoms with Crippen molar-refractivity contribution in [1.82, 2.24) is 10.2 Å². The summed E-state index contributed by atoms with van der Waals surface area (Å²) < 4.78 is 23.9. The van der Waals surface area contributed by atoms with Gasteiger partial charge in [-0.3, -0.25) is 0 Å². The van der Waals surface area contributed by atoms with E-state index in [4.69, 9.17) is 0 Å². The number of nitrogens with one attached hydrogen (secondary N) is 1. The van der Waals surface area contributed by atoms with Crippen molar-refractivity contribution in [2.75, 3.05) is 18.8 Å². The zero-order valence-corrected chi connectivity index (χ0v) is 15.2. The van der Waals surface area contributed by atoms with Gasteiger partial charge < -0.3 is 10.2 Å². The molecule has 6 heteroatoms. The number of likely N-dealkylation sites (tertiary alicyclic amines) is 1. The van der Waals surface area contributed by atoms with Crippen LogP contribution in [0.2, 0.25) is 0 Å². The Hall–Kier alpha value is -1.56. The largest absolute Gasteiger partial charge is 0.331 e. The summed E-state index contributed by atoms with van der Waals surface area (Å²) in [4.78, 5) is 14.3. The highest BCUT2D eigenvalue weighted by Gasteiger charge is 2.32. The number of aryl methyl sites for hydroxylation is 2. The number of sulfone groups is 1. The zero-order chi connectivity index (χ0) is 17.3. The van der Waals surface area contributed by atoms with Crippen LogP contribution in [0.5, 0.6) is 0 Å². The lowest BCUT2D eigenvalue weighted by Gasteiger charge is -2.32. The maximum Gasteiger partial charge on any atom is 0.317 e. The molecule has 1 aliphatic heterocycles. The van der Waals surface area contributed by atoms with E-state index in [2.05, 4.69) is 30.4 Å². The molecule has 0 saturated carbocycles. The Morgan fingerprint density at radius 1 is 1.25 bits per heavy atom. The van der Waals surface area contributed by atoms with Crippen LogP contribution in [0.3, 0.4) is 0 Å². The molecule has 1 aromatic carbocycles. The molecule has 1 N–H and O–H groups in total. The number of carbonyl (C=O) groups is 1. The fourth-order valence-corrected chi connectivity index (χ4v) is 5.19. The molecule has 0 radical (unpaired) electrons. The number of urea groups is 1. The van der Waals surface area contributed by atoms with Crippen LogP contribution in [0.25, 0.3) is 0 Å². The summed E-state index contributed by atoms with van der Waals surface area (Å²) in [6, 6.07) is 6.40. The first-order valence-electron chi connectivity index (χ1n) is 8.77. The topological polar surface area (TPSA) is 66.5 Å². The van der Waals surface area contributed by atoms with E-state index in [1.54, 1.807) is 11.8 Å². The van der Waals surface area contributed by atoms with Gasteiger partial charge in [-0.25, -0.2) is 13.2 Å². The molecule has 0 aromatic heterocycles. The first-order chi connectivity index (χ1) is 11.4. The van der Waals surface area contributed by atoms with Crippen molar-refractivity contribution in [3.05, 3.63) is 34.9 Å². The van der Waals surface area contributed by atoms with Crippen LogP contribution in [0, 0.1) is 6.92 Å².